The van der Waals surface area contributed by atoms with Crippen molar-refractivity contribution in [3.8, 4) is 22.3 Å². The Balaban J connectivity index is 1.11. The molecule has 10 rings (SSSR count). The van der Waals surface area contributed by atoms with Gasteiger partial charge < -0.3 is 0 Å². The van der Waals surface area contributed by atoms with Crippen molar-refractivity contribution in [3.63, 3.8) is 0 Å². The second-order valence-electron chi connectivity index (χ2n) is 13.4. The first-order valence-corrected chi connectivity index (χ1v) is 17.4. The molecule has 0 fully saturated rings. The van der Waals surface area contributed by atoms with Crippen LogP contribution in [-0.2, 0) is 11.8 Å². The predicted octanol–water partition coefficient (Wildman–Crippen LogP) is 12.0. The molecule has 0 unspecified atom stereocenters. The average molecular weight is 636 g/mol. The fraction of sp³-hybridized carbons (Fsp3) is 0.0408. The first-order chi connectivity index (χ1) is 24.8. The summed E-state index contributed by atoms with van der Waals surface area (Å²) in [6.07, 6.45) is 4.99. The molecule has 8 aromatic rings. The summed E-state index contributed by atoms with van der Waals surface area (Å²) in [4.78, 5) is 4.98. The van der Waals surface area contributed by atoms with E-state index in [-0.39, 0.29) is 5.41 Å². The molecule has 0 heterocycles. The van der Waals surface area contributed by atoms with Gasteiger partial charge in [-0.05, 0) is 95.2 Å². The highest BCUT2D eigenvalue weighted by molar-refractivity contribution is 6.17. The molecule has 0 N–H and O–H groups in total. The summed E-state index contributed by atoms with van der Waals surface area (Å²) < 4.78 is 0. The Morgan fingerprint density at radius 2 is 1.08 bits per heavy atom. The lowest BCUT2D eigenvalue weighted by molar-refractivity contribution is 0.797. The van der Waals surface area contributed by atoms with E-state index < -0.39 is 0 Å². The normalized spacial score (nSPS) is 13.9. The smallest absolute Gasteiger partial charge is 0.0725 e. The van der Waals surface area contributed by atoms with Gasteiger partial charge in [0, 0.05) is 6.21 Å². The molecule has 1 nitrogen and oxygen atoms in total. The Bertz CT molecular complexity index is 2600. The predicted molar refractivity (Wildman–Crippen MR) is 210 cm³/mol. The summed E-state index contributed by atoms with van der Waals surface area (Å²) in [5.74, 6) is 0. The molecule has 0 aromatic heterocycles. The van der Waals surface area contributed by atoms with E-state index in [0.29, 0.717) is 0 Å². The second-order valence-corrected chi connectivity index (χ2v) is 13.4. The van der Waals surface area contributed by atoms with Crippen molar-refractivity contribution < 1.29 is 0 Å². The summed E-state index contributed by atoms with van der Waals surface area (Å²) in [7, 11) is 0. The number of benzene rings is 8. The zero-order chi connectivity index (χ0) is 33.1. The molecular weight excluding hydrogens is 603 g/mol. The SMILES string of the molecule is C(=N/C(=C\Cc1ccccc1-c1ccc2c(c1)-c1ccccc1C21c2cccc3ccc4cccc1c4c23)c1ccccc1)c1ccccc1. The number of hydrogen-bond donors (Lipinski definition) is 0. The fourth-order valence-electron chi connectivity index (χ4n) is 8.68. The molecule has 0 saturated carbocycles. The molecule has 1 spiro atoms. The van der Waals surface area contributed by atoms with Gasteiger partial charge in [0.1, 0.15) is 0 Å². The Morgan fingerprint density at radius 1 is 0.480 bits per heavy atom. The van der Waals surface area contributed by atoms with Gasteiger partial charge in [0.15, 0.2) is 0 Å². The van der Waals surface area contributed by atoms with E-state index in [1.807, 2.05) is 24.4 Å². The van der Waals surface area contributed by atoms with Crippen LogP contribution in [0.1, 0.15) is 38.9 Å². The maximum absolute atomic E-state index is 4.98. The first-order valence-electron chi connectivity index (χ1n) is 17.4. The molecule has 0 radical (unpaired) electrons. The monoisotopic (exact) mass is 635 g/mol. The van der Waals surface area contributed by atoms with E-state index in [1.54, 1.807) is 0 Å². The van der Waals surface area contributed by atoms with Crippen molar-refractivity contribution in [2.24, 2.45) is 4.99 Å². The molecule has 0 aliphatic heterocycles. The zero-order valence-corrected chi connectivity index (χ0v) is 27.6. The molecule has 234 valence electrons. The topological polar surface area (TPSA) is 12.4 Å². The maximum Gasteiger partial charge on any atom is 0.0725 e. The summed E-state index contributed by atoms with van der Waals surface area (Å²) in [5, 5.41) is 5.42. The number of nitrogens with zero attached hydrogens (tertiary/aromatic N) is 1. The quantitative estimate of drug-likeness (QED) is 0.127. The zero-order valence-electron chi connectivity index (χ0n) is 27.6. The molecule has 0 atom stereocenters. The van der Waals surface area contributed by atoms with Crippen LogP contribution < -0.4 is 0 Å². The second kappa shape index (κ2) is 11.4. The van der Waals surface area contributed by atoms with Gasteiger partial charge in [-0.3, -0.25) is 4.99 Å². The van der Waals surface area contributed by atoms with Gasteiger partial charge in [-0.1, -0.05) is 176 Å². The van der Waals surface area contributed by atoms with E-state index >= 15 is 0 Å². The molecule has 50 heavy (non-hydrogen) atoms. The molecule has 0 saturated heterocycles. The lowest BCUT2D eigenvalue weighted by atomic mass is 9.70. The van der Waals surface area contributed by atoms with Crippen LogP contribution in [0.4, 0.5) is 0 Å². The molecule has 8 aromatic carbocycles. The van der Waals surface area contributed by atoms with Crippen LogP contribution in [0.3, 0.4) is 0 Å². The van der Waals surface area contributed by atoms with Gasteiger partial charge in [-0.15, -0.1) is 0 Å². The first kappa shape index (κ1) is 28.7. The van der Waals surface area contributed by atoms with Gasteiger partial charge >= 0.3 is 0 Å². The van der Waals surface area contributed by atoms with E-state index in [2.05, 4.69) is 164 Å². The lowest BCUT2D eigenvalue weighted by Gasteiger charge is -2.31. The van der Waals surface area contributed by atoms with E-state index in [9.17, 15) is 0 Å². The Labute approximate surface area is 292 Å². The minimum atomic E-state index is -0.337. The van der Waals surface area contributed by atoms with Crippen molar-refractivity contribution in [1.82, 2.24) is 0 Å². The number of rotatable bonds is 6. The van der Waals surface area contributed by atoms with Crippen LogP contribution in [0.2, 0.25) is 0 Å². The Hall–Kier alpha value is -6.31. The van der Waals surface area contributed by atoms with E-state index in [0.717, 1.165) is 23.2 Å². The van der Waals surface area contributed by atoms with E-state index in [4.69, 9.17) is 4.99 Å². The highest BCUT2D eigenvalue weighted by atomic mass is 14.7. The third-order valence-electron chi connectivity index (χ3n) is 10.8. The summed E-state index contributed by atoms with van der Waals surface area (Å²) in [6, 6.07) is 64.2. The number of hydrogen-bond acceptors (Lipinski definition) is 1. The van der Waals surface area contributed by atoms with Gasteiger partial charge in [0.05, 0.1) is 11.1 Å². The molecule has 2 aliphatic rings. The van der Waals surface area contributed by atoms with Crippen molar-refractivity contribution >= 4 is 33.5 Å². The van der Waals surface area contributed by atoms with Crippen LogP contribution in [0, 0.1) is 0 Å². The van der Waals surface area contributed by atoms with Crippen LogP contribution in [0.5, 0.6) is 0 Å². The Morgan fingerprint density at radius 3 is 1.82 bits per heavy atom. The summed E-state index contributed by atoms with van der Waals surface area (Å²) >= 11 is 0. The summed E-state index contributed by atoms with van der Waals surface area (Å²) in [6.45, 7) is 0. The number of fused-ring (bicyclic) bond motifs is 7. The highest BCUT2D eigenvalue weighted by Gasteiger charge is 2.50. The van der Waals surface area contributed by atoms with Gasteiger partial charge in [0.25, 0.3) is 0 Å². The molecule has 0 amide bonds. The van der Waals surface area contributed by atoms with Crippen molar-refractivity contribution in [2.45, 2.75) is 11.8 Å². The third-order valence-corrected chi connectivity index (χ3v) is 10.8. The van der Waals surface area contributed by atoms with Crippen molar-refractivity contribution in [2.75, 3.05) is 0 Å². The largest absolute Gasteiger partial charge is 0.256 e. The minimum absolute atomic E-state index is 0.337. The number of aliphatic imine (C=N–C) groups is 1. The minimum Gasteiger partial charge on any atom is -0.256 e. The third kappa shape index (κ3) is 4.23. The number of allylic oxidation sites excluding steroid dienone is 1. The van der Waals surface area contributed by atoms with Gasteiger partial charge in [0.2, 0.25) is 0 Å². The molecule has 0 bridgehead atoms. The molecular formula is C49H33N. The van der Waals surface area contributed by atoms with Crippen molar-refractivity contribution in [1.29, 1.82) is 0 Å². The van der Waals surface area contributed by atoms with Gasteiger partial charge in [-0.25, -0.2) is 0 Å². The summed E-state index contributed by atoms with van der Waals surface area (Å²) in [5.41, 5.74) is 14.8. The molecule has 2 aliphatic carbocycles. The van der Waals surface area contributed by atoms with Crippen LogP contribution in [-0.4, -0.2) is 6.21 Å². The van der Waals surface area contributed by atoms with Crippen LogP contribution in [0.25, 0.3) is 49.5 Å². The van der Waals surface area contributed by atoms with E-state index in [1.165, 1.54) is 71.6 Å². The molecule has 1 heteroatoms. The fourth-order valence-corrected chi connectivity index (χ4v) is 8.68. The maximum atomic E-state index is 4.98. The Kier molecular flexibility index (Phi) is 6.54. The van der Waals surface area contributed by atoms with Crippen LogP contribution >= 0.6 is 0 Å². The highest BCUT2D eigenvalue weighted by Crippen LogP contribution is 2.62. The van der Waals surface area contributed by atoms with Crippen molar-refractivity contribution in [3.05, 3.63) is 221 Å². The van der Waals surface area contributed by atoms with Crippen LogP contribution in [0.15, 0.2) is 187 Å². The lowest BCUT2D eigenvalue weighted by Crippen LogP contribution is -2.26. The average Bonchev–Trinajstić information content (AvgIpc) is 3.66. The standard InChI is InChI=1S/C49H33N/c1-3-13-33(14-4-1)32-50-46(35-16-5-2-6-17-35)30-28-34-15-7-8-20-39(34)38-27-29-43-41(31-38)40-21-9-10-22-42(40)49(43)44-23-11-18-36-25-26-37-19-12-24-45(49)48(37)47(36)44/h1-27,29-32H,28H2/b46-30-,50-32?. The van der Waals surface area contributed by atoms with Gasteiger partial charge in [-0.2, -0.15) is 0 Å².